The van der Waals surface area contributed by atoms with Gasteiger partial charge in [0.05, 0.1) is 45.3 Å². The third-order valence-electron chi connectivity index (χ3n) is 4.58. The summed E-state index contributed by atoms with van der Waals surface area (Å²) in [6, 6.07) is 6.21. The summed E-state index contributed by atoms with van der Waals surface area (Å²) in [5, 5.41) is 0. The van der Waals surface area contributed by atoms with E-state index in [0.29, 0.717) is 13.2 Å². The lowest BCUT2D eigenvalue weighted by molar-refractivity contribution is -0.140. The number of esters is 2. The Morgan fingerprint density at radius 3 is 2.31 bits per heavy atom. The number of rotatable bonds is 5. The monoisotopic (exact) mass is 426 g/mol. The molecule has 2 aliphatic heterocycles. The molecule has 1 aromatic carbocycles. The second-order valence-electron chi connectivity index (χ2n) is 6.20. The fourth-order valence-corrected chi connectivity index (χ4v) is 4.76. The first-order chi connectivity index (χ1) is 13.9. The Morgan fingerprint density at radius 2 is 1.66 bits per heavy atom. The summed E-state index contributed by atoms with van der Waals surface area (Å²) in [6.07, 6.45) is 0. The van der Waals surface area contributed by atoms with E-state index in [2.05, 4.69) is 0 Å². The molecule has 29 heavy (non-hydrogen) atoms. The Morgan fingerprint density at radius 1 is 1.00 bits per heavy atom. The van der Waals surface area contributed by atoms with Crippen LogP contribution in [0.25, 0.3) is 0 Å². The van der Waals surface area contributed by atoms with E-state index in [4.69, 9.17) is 18.9 Å². The van der Waals surface area contributed by atoms with Gasteiger partial charge in [0.1, 0.15) is 17.3 Å². The minimum Gasteiger partial charge on any atom is -0.466 e. The molecule has 0 spiro atoms. The van der Waals surface area contributed by atoms with E-state index in [0.717, 1.165) is 0 Å². The van der Waals surface area contributed by atoms with E-state index in [9.17, 15) is 18.0 Å². The molecule has 158 valence electrons. The Labute approximate surface area is 168 Å². The first kappa shape index (κ1) is 21.2. The van der Waals surface area contributed by atoms with Crippen molar-refractivity contribution in [3.8, 4) is 0 Å². The molecule has 10 nitrogen and oxygen atoms in total. The number of benzene rings is 1. The number of hydrogen-bond acceptors (Lipinski definition) is 9. The summed E-state index contributed by atoms with van der Waals surface area (Å²) < 4.78 is 48.1. The lowest BCUT2D eigenvalue weighted by Crippen LogP contribution is -2.42. The predicted octanol–water partition coefficient (Wildman–Crippen LogP) is 0.102. The fraction of sp³-hybridized carbons (Fsp3) is 0.444. The molecule has 11 heteroatoms. The van der Waals surface area contributed by atoms with Gasteiger partial charge in [0.25, 0.3) is 0 Å². The van der Waals surface area contributed by atoms with Gasteiger partial charge in [-0.3, -0.25) is 0 Å². The van der Waals surface area contributed by atoms with Gasteiger partial charge in [0.15, 0.2) is 0 Å². The summed E-state index contributed by atoms with van der Waals surface area (Å²) in [6.45, 7) is 0.745. The van der Waals surface area contributed by atoms with E-state index in [1.807, 2.05) is 0 Å². The smallest absolute Gasteiger partial charge is 0.355 e. The summed E-state index contributed by atoms with van der Waals surface area (Å²) in [7, 11) is -1.52. The maximum absolute atomic E-state index is 13.2. The van der Waals surface area contributed by atoms with E-state index in [-0.39, 0.29) is 48.3 Å². The number of para-hydroxylation sites is 1. The molecule has 0 amide bonds. The van der Waals surface area contributed by atoms with Crippen molar-refractivity contribution in [2.75, 3.05) is 58.8 Å². The molecule has 3 rings (SSSR count). The summed E-state index contributed by atoms with van der Waals surface area (Å²) in [5.74, 6) is -1.56. The standard InChI is InChI=1S/C18H22N2O8S/c1-25-17(21)13-11-28-12-20(16(13)18(22)26-2)14-5-3-4-6-15(14)29(23,24)19-7-9-27-10-8-19/h3-6H,7-12H2,1-2H3. The van der Waals surface area contributed by atoms with Crippen LogP contribution in [0.1, 0.15) is 0 Å². The Hall–Kier alpha value is -2.47. The van der Waals surface area contributed by atoms with Crippen molar-refractivity contribution in [2.45, 2.75) is 4.90 Å². The van der Waals surface area contributed by atoms with Gasteiger partial charge in [-0.05, 0) is 12.1 Å². The zero-order valence-electron chi connectivity index (χ0n) is 16.1. The van der Waals surface area contributed by atoms with Gasteiger partial charge in [-0.1, -0.05) is 12.1 Å². The highest BCUT2D eigenvalue weighted by atomic mass is 32.2. The van der Waals surface area contributed by atoms with E-state index < -0.39 is 22.0 Å². The predicted molar refractivity (Wildman–Crippen MR) is 100 cm³/mol. The van der Waals surface area contributed by atoms with Crippen LogP contribution in [0.3, 0.4) is 0 Å². The molecule has 0 saturated carbocycles. The quantitative estimate of drug-likeness (QED) is 0.605. The van der Waals surface area contributed by atoms with Crippen LogP contribution in [-0.4, -0.2) is 78.5 Å². The number of anilines is 1. The SMILES string of the molecule is COC(=O)C1=C(C(=O)OC)N(c2ccccc2S(=O)(=O)N2CCOCC2)COC1. The Bertz CT molecular complexity index is 922. The molecule has 1 aromatic rings. The molecular weight excluding hydrogens is 404 g/mol. The molecule has 0 aliphatic carbocycles. The summed E-state index contributed by atoms with van der Waals surface area (Å²) in [5.41, 5.74) is 0.0277. The van der Waals surface area contributed by atoms with Crippen molar-refractivity contribution in [3.63, 3.8) is 0 Å². The zero-order chi connectivity index (χ0) is 21.0. The van der Waals surface area contributed by atoms with Crippen LogP contribution >= 0.6 is 0 Å². The highest BCUT2D eigenvalue weighted by Gasteiger charge is 2.36. The molecule has 0 atom stereocenters. The molecule has 0 aromatic heterocycles. The molecule has 0 N–H and O–H groups in total. The lowest BCUT2D eigenvalue weighted by Gasteiger charge is -2.33. The lowest BCUT2D eigenvalue weighted by atomic mass is 10.1. The van der Waals surface area contributed by atoms with Gasteiger partial charge in [-0.15, -0.1) is 0 Å². The second-order valence-corrected chi connectivity index (χ2v) is 8.11. The Kier molecular flexibility index (Phi) is 6.52. The molecule has 1 saturated heterocycles. The van der Waals surface area contributed by atoms with Gasteiger partial charge in [0, 0.05) is 13.1 Å². The van der Waals surface area contributed by atoms with Crippen molar-refractivity contribution < 1.29 is 37.0 Å². The topological polar surface area (TPSA) is 112 Å². The summed E-state index contributed by atoms with van der Waals surface area (Å²) >= 11 is 0. The molecular formula is C18H22N2O8S. The van der Waals surface area contributed by atoms with Crippen molar-refractivity contribution in [1.29, 1.82) is 0 Å². The maximum atomic E-state index is 13.2. The van der Waals surface area contributed by atoms with Crippen LogP contribution in [-0.2, 0) is 38.6 Å². The van der Waals surface area contributed by atoms with Crippen molar-refractivity contribution in [1.82, 2.24) is 4.31 Å². The summed E-state index contributed by atoms with van der Waals surface area (Å²) in [4.78, 5) is 26.0. The molecule has 1 fully saturated rings. The van der Waals surface area contributed by atoms with Gasteiger partial charge >= 0.3 is 11.9 Å². The van der Waals surface area contributed by atoms with Gasteiger partial charge < -0.3 is 23.8 Å². The number of carbonyl (C=O) groups excluding carboxylic acids is 2. The van der Waals surface area contributed by atoms with Gasteiger partial charge in [0.2, 0.25) is 10.0 Å². The van der Waals surface area contributed by atoms with Crippen LogP contribution < -0.4 is 4.90 Å². The van der Waals surface area contributed by atoms with Crippen molar-refractivity contribution in [3.05, 3.63) is 35.5 Å². The largest absolute Gasteiger partial charge is 0.466 e. The third kappa shape index (κ3) is 4.13. The Balaban J connectivity index is 2.12. The average Bonchev–Trinajstić information content (AvgIpc) is 2.78. The number of morpholine rings is 1. The molecule has 2 heterocycles. The number of methoxy groups -OCH3 is 2. The van der Waals surface area contributed by atoms with Crippen LogP contribution in [0.5, 0.6) is 0 Å². The molecule has 0 radical (unpaired) electrons. The van der Waals surface area contributed by atoms with Crippen LogP contribution in [0, 0.1) is 0 Å². The third-order valence-corrected chi connectivity index (χ3v) is 6.52. The molecule has 0 bridgehead atoms. The second kappa shape index (κ2) is 8.91. The zero-order valence-corrected chi connectivity index (χ0v) is 16.9. The maximum Gasteiger partial charge on any atom is 0.355 e. The normalized spacial score (nSPS) is 18.5. The van der Waals surface area contributed by atoms with Crippen LogP contribution in [0.4, 0.5) is 5.69 Å². The number of nitrogens with zero attached hydrogens (tertiary/aromatic N) is 2. The highest BCUT2D eigenvalue weighted by molar-refractivity contribution is 7.89. The molecule has 0 unspecified atom stereocenters. The average molecular weight is 426 g/mol. The van der Waals surface area contributed by atoms with Gasteiger partial charge in [-0.25, -0.2) is 18.0 Å². The number of hydrogen-bond donors (Lipinski definition) is 0. The number of carbonyl (C=O) groups is 2. The van der Waals surface area contributed by atoms with E-state index in [1.54, 1.807) is 18.2 Å². The number of ether oxygens (including phenoxy) is 4. The van der Waals surface area contributed by atoms with Crippen molar-refractivity contribution >= 4 is 27.6 Å². The van der Waals surface area contributed by atoms with Crippen LogP contribution in [0.15, 0.2) is 40.4 Å². The van der Waals surface area contributed by atoms with Crippen LogP contribution in [0.2, 0.25) is 0 Å². The van der Waals surface area contributed by atoms with E-state index in [1.165, 1.54) is 29.5 Å². The first-order valence-corrected chi connectivity index (χ1v) is 10.3. The van der Waals surface area contributed by atoms with Crippen molar-refractivity contribution in [2.24, 2.45) is 0 Å². The fourth-order valence-electron chi connectivity index (χ4n) is 3.16. The highest BCUT2D eigenvalue weighted by Crippen LogP contribution is 2.33. The molecule has 2 aliphatic rings. The minimum atomic E-state index is -3.88. The number of sulfonamides is 1. The van der Waals surface area contributed by atoms with E-state index >= 15 is 0 Å². The van der Waals surface area contributed by atoms with Gasteiger partial charge in [-0.2, -0.15) is 4.31 Å². The first-order valence-electron chi connectivity index (χ1n) is 8.83. The minimum absolute atomic E-state index is 0.0157.